The summed E-state index contributed by atoms with van der Waals surface area (Å²) in [7, 11) is 0. The van der Waals surface area contributed by atoms with E-state index in [4.69, 9.17) is 0 Å². The number of H-pyrrole nitrogens is 1. The zero-order valence-corrected chi connectivity index (χ0v) is 11.2. The molecule has 0 fully saturated rings. The van der Waals surface area contributed by atoms with Crippen LogP contribution in [-0.4, -0.2) is 26.4 Å². The van der Waals surface area contributed by atoms with E-state index in [1.54, 1.807) is 6.92 Å². The van der Waals surface area contributed by atoms with Crippen LogP contribution < -0.4 is 5.56 Å². The molecule has 0 aliphatic heterocycles. The van der Waals surface area contributed by atoms with E-state index in [2.05, 4.69) is 9.97 Å². The van der Waals surface area contributed by atoms with Crippen molar-refractivity contribution in [1.29, 1.82) is 0 Å². The first-order valence-electron chi connectivity index (χ1n) is 5.85. The molecule has 2 atom stereocenters. The Kier molecular flexibility index (Phi) is 4.04. The van der Waals surface area contributed by atoms with E-state index in [1.165, 1.54) is 11.8 Å². The van der Waals surface area contributed by atoms with Crippen molar-refractivity contribution in [3.63, 3.8) is 0 Å². The summed E-state index contributed by atoms with van der Waals surface area (Å²) < 4.78 is 0. The zero-order valence-electron chi connectivity index (χ0n) is 10.4. The number of hydrogen-bond donors (Lipinski definition) is 2. The molecule has 1 heterocycles. The third kappa shape index (κ3) is 2.91. The number of nitrogens with one attached hydrogen (secondary N) is 1. The van der Waals surface area contributed by atoms with Gasteiger partial charge in [0, 0.05) is 11.0 Å². The van der Waals surface area contributed by atoms with Crippen molar-refractivity contribution in [3.05, 3.63) is 40.3 Å². The highest BCUT2D eigenvalue weighted by atomic mass is 32.2. The van der Waals surface area contributed by atoms with Crippen LogP contribution in [0.3, 0.4) is 0 Å². The maximum Gasteiger partial charge on any atom is 0.270 e. The third-order valence-corrected chi connectivity index (χ3v) is 4.19. The number of aliphatic hydroxyl groups excluding tert-OH is 1. The smallest absolute Gasteiger partial charge is 0.270 e. The molecule has 5 heteroatoms. The minimum Gasteiger partial charge on any atom is -0.392 e. The second kappa shape index (κ2) is 5.54. The van der Waals surface area contributed by atoms with Crippen LogP contribution in [0.2, 0.25) is 0 Å². The Morgan fingerprint density at radius 2 is 2.11 bits per heavy atom. The fourth-order valence-electron chi connectivity index (χ4n) is 1.51. The summed E-state index contributed by atoms with van der Waals surface area (Å²) in [4.78, 5) is 19.0. The molecule has 96 valence electrons. The summed E-state index contributed by atoms with van der Waals surface area (Å²) in [6.45, 7) is 3.68. The lowest BCUT2D eigenvalue weighted by Gasteiger charge is -2.13. The average molecular weight is 264 g/mol. The van der Waals surface area contributed by atoms with E-state index in [1.807, 2.05) is 31.2 Å². The Morgan fingerprint density at radius 3 is 2.83 bits per heavy atom. The van der Waals surface area contributed by atoms with Gasteiger partial charge in [0.2, 0.25) is 0 Å². The summed E-state index contributed by atoms with van der Waals surface area (Å²) >= 11 is 1.53. The van der Waals surface area contributed by atoms with Gasteiger partial charge in [0.05, 0.1) is 17.1 Å². The van der Waals surface area contributed by atoms with E-state index in [9.17, 15) is 9.90 Å². The number of nitrogens with zero attached hydrogens (tertiary/aromatic N) is 1. The highest BCUT2D eigenvalue weighted by Crippen LogP contribution is 2.18. The van der Waals surface area contributed by atoms with Crippen LogP contribution >= 0.6 is 11.8 Å². The van der Waals surface area contributed by atoms with Gasteiger partial charge in [0.15, 0.2) is 0 Å². The molecule has 2 N–H and O–H groups in total. The molecule has 4 nitrogen and oxygen atoms in total. The Balaban J connectivity index is 2.23. The van der Waals surface area contributed by atoms with Gasteiger partial charge in [0.1, 0.15) is 5.69 Å². The van der Waals surface area contributed by atoms with Crippen molar-refractivity contribution in [1.82, 2.24) is 9.97 Å². The second-order valence-electron chi connectivity index (χ2n) is 4.29. The maximum absolute atomic E-state index is 11.8. The number of benzene rings is 1. The molecule has 0 spiro atoms. The first-order valence-corrected chi connectivity index (χ1v) is 6.90. The van der Waals surface area contributed by atoms with Crippen molar-refractivity contribution >= 4 is 22.8 Å². The number of fused-ring (bicyclic) bond motifs is 1. The van der Waals surface area contributed by atoms with Gasteiger partial charge in [-0.15, -0.1) is 11.8 Å². The lowest BCUT2D eigenvalue weighted by Crippen LogP contribution is -2.18. The van der Waals surface area contributed by atoms with Crippen molar-refractivity contribution in [3.8, 4) is 0 Å². The monoisotopic (exact) mass is 264 g/mol. The van der Waals surface area contributed by atoms with Gasteiger partial charge >= 0.3 is 0 Å². The third-order valence-electron chi connectivity index (χ3n) is 2.83. The van der Waals surface area contributed by atoms with Crippen LogP contribution in [0.5, 0.6) is 0 Å². The van der Waals surface area contributed by atoms with Gasteiger partial charge < -0.3 is 10.1 Å². The number of hydrogen-bond acceptors (Lipinski definition) is 4. The summed E-state index contributed by atoms with van der Waals surface area (Å²) in [6, 6.07) is 7.46. The molecule has 2 rings (SSSR count). The van der Waals surface area contributed by atoms with Crippen LogP contribution in [0.4, 0.5) is 0 Å². The Morgan fingerprint density at radius 1 is 1.39 bits per heavy atom. The number of aromatic nitrogens is 2. The topological polar surface area (TPSA) is 66.0 Å². The minimum absolute atomic E-state index is 0.0812. The molecule has 0 bridgehead atoms. The average Bonchev–Trinajstić information content (AvgIpc) is 2.35. The quantitative estimate of drug-likeness (QED) is 0.885. The van der Waals surface area contributed by atoms with E-state index in [-0.39, 0.29) is 10.8 Å². The summed E-state index contributed by atoms with van der Waals surface area (Å²) in [5.41, 5.74) is 1.89. The summed E-state index contributed by atoms with van der Waals surface area (Å²) in [6.07, 6.45) is -0.394. The minimum atomic E-state index is -0.394. The van der Waals surface area contributed by atoms with Crippen LogP contribution in [0.25, 0.3) is 11.0 Å². The van der Waals surface area contributed by atoms with E-state index in [0.717, 1.165) is 11.0 Å². The lowest BCUT2D eigenvalue weighted by atomic mass is 10.3. The molecule has 0 saturated carbocycles. The molecule has 1 aromatic heterocycles. The zero-order chi connectivity index (χ0) is 13.1. The predicted octanol–water partition coefficient (Wildman–Crippen LogP) is 1.93. The fourth-order valence-corrected chi connectivity index (χ4v) is 2.41. The number of rotatable bonds is 4. The molecule has 1 aromatic carbocycles. The van der Waals surface area contributed by atoms with Gasteiger partial charge in [0.25, 0.3) is 5.56 Å². The van der Waals surface area contributed by atoms with Gasteiger partial charge in [-0.2, -0.15) is 0 Å². The Bertz CT molecular complexity index is 595. The van der Waals surface area contributed by atoms with E-state index < -0.39 is 6.10 Å². The van der Waals surface area contributed by atoms with Gasteiger partial charge in [-0.25, -0.2) is 4.98 Å². The molecule has 2 unspecified atom stereocenters. The molecular formula is C13H16N2O2S. The highest BCUT2D eigenvalue weighted by molar-refractivity contribution is 7.99. The molecule has 0 amide bonds. The van der Waals surface area contributed by atoms with Crippen molar-refractivity contribution in [2.24, 2.45) is 0 Å². The molecule has 0 aliphatic rings. The number of thioether (sulfide) groups is 1. The Hall–Kier alpha value is -1.33. The number of para-hydroxylation sites is 2. The van der Waals surface area contributed by atoms with Crippen molar-refractivity contribution in [2.75, 3.05) is 0 Å². The SMILES string of the molecule is CC(O)C(C)SCc1nc2ccccc2[nH]c1=O. The molecule has 0 aliphatic carbocycles. The van der Waals surface area contributed by atoms with Crippen LogP contribution in [0.15, 0.2) is 29.1 Å². The highest BCUT2D eigenvalue weighted by Gasteiger charge is 2.11. The van der Waals surface area contributed by atoms with Gasteiger partial charge in [-0.05, 0) is 19.1 Å². The van der Waals surface area contributed by atoms with Gasteiger partial charge in [-0.1, -0.05) is 19.1 Å². The first kappa shape index (κ1) is 13.1. The fraction of sp³-hybridized carbons (Fsp3) is 0.385. The maximum atomic E-state index is 11.8. The van der Waals surface area contributed by atoms with E-state index in [0.29, 0.717) is 11.4 Å². The van der Waals surface area contributed by atoms with Crippen molar-refractivity contribution in [2.45, 2.75) is 31.0 Å². The van der Waals surface area contributed by atoms with Crippen LogP contribution in [-0.2, 0) is 5.75 Å². The molecule has 0 radical (unpaired) electrons. The summed E-state index contributed by atoms with van der Waals surface area (Å²) in [5.74, 6) is 0.506. The Labute approximate surface area is 109 Å². The molecular weight excluding hydrogens is 248 g/mol. The molecule has 0 saturated heterocycles. The molecule has 2 aromatic rings. The molecule has 18 heavy (non-hydrogen) atoms. The first-order chi connectivity index (χ1) is 8.58. The van der Waals surface area contributed by atoms with Crippen LogP contribution in [0, 0.1) is 0 Å². The number of aliphatic hydroxyl groups is 1. The standard InChI is InChI=1S/C13H16N2O2S/c1-8(16)9(2)18-7-12-13(17)15-11-6-4-3-5-10(11)14-12/h3-6,8-9,16H,7H2,1-2H3,(H,15,17). The van der Waals surface area contributed by atoms with E-state index >= 15 is 0 Å². The normalized spacial score (nSPS) is 14.6. The van der Waals surface area contributed by atoms with Crippen molar-refractivity contribution < 1.29 is 5.11 Å². The second-order valence-corrected chi connectivity index (χ2v) is 5.65. The summed E-state index contributed by atoms with van der Waals surface area (Å²) in [5, 5.41) is 9.49. The lowest BCUT2D eigenvalue weighted by molar-refractivity contribution is 0.196. The van der Waals surface area contributed by atoms with Crippen LogP contribution in [0.1, 0.15) is 19.5 Å². The van der Waals surface area contributed by atoms with Gasteiger partial charge in [-0.3, -0.25) is 4.79 Å². The predicted molar refractivity (Wildman–Crippen MR) is 74.8 cm³/mol. The largest absolute Gasteiger partial charge is 0.392 e. The number of aromatic amines is 1.